The van der Waals surface area contributed by atoms with Crippen molar-refractivity contribution in [3.05, 3.63) is 60.8 Å². The van der Waals surface area contributed by atoms with E-state index in [0.29, 0.717) is 0 Å². The fraction of sp³-hybridized carbons (Fsp3) is 0.0667. The van der Waals surface area contributed by atoms with Crippen LogP contribution in [0.15, 0.2) is 60.8 Å². The van der Waals surface area contributed by atoms with Crippen LogP contribution < -0.4 is 5.32 Å². The first-order valence-electron chi connectivity index (χ1n) is 5.75. The molecule has 0 fully saturated rings. The van der Waals surface area contributed by atoms with Crippen molar-refractivity contribution < 1.29 is 4.79 Å². The van der Waals surface area contributed by atoms with Gasteiger partial charge < -0.3 is 5.32 Å². The Balaban J connectivity index is 2.24. The van der Waals surface area contributed by atoms with E-state index in [9.17, 15) is 4.79 Å². The summed E-state index contributed by atoms with van der Waals surface area (Å²) < 4.78 is 0. The number of amides is 1. The van der Waals surface area contributed by atoms with Crippen molar-refractivity contribution in [2.45, 2.75) is 6.92 Å². The summed E-state index contributed by atoms with van der Waals surface area (Å²) in [7, 11) is 0. The Morgan fingerprint density at radius 3 is 2.94 bits per heavy atom. The number of pyridine rings is 1. The first-order chi connectivity index (χ1) is 8.81. The maximum Gasteiger partial charge on any atom is 0.248 e. The van der Waals surface area contributed by atoms with Crippen molar-refractivity contribution in [2.24, 2.45) is 0 Å². The van der Waals surface area contributed by atoms with E-state index in [4.69, 9.17) is 0 Å². The number of nitrogens with one attached hydrogen (secondary N) is 1. The minimum Gasteiger partial charge on any atom is -0.322 e. The maximum absolute atomic E-state index is 11.7. The predicted molar refractivity (Wildman–Crippen MR) is 74.3 cm³/mol. The van der Waals surface area contributed by atoms with Gasteiger partial charge in [-0.15, -0.1) is 0 Å². The molecule has 90 valence electrons. The van der Waals surface area contributed by atoms with Gasteiger partial charge in [0.1, 0.15) is 0 Å². The average molecular weight is 238 g/mol. The Bertz CT molecular complexity index is 609. The molecule has 0 radical (unpaired) electrons. The van der Waals surface area contributed by atoms with Crippen molar-refractivity contribution in [2.75, 3.05) is 5.32 Å². The lowest BCUT2D eigenvalue weighted by molar-refractivity contribution is -0.111. The average Bonchev–Trinajstić information content (AvgIpc) is 2.39. The zero-order valence-electron chi connectivity index (χ0n) is 10.1. The zero-order valence-corrected chi connectivity index (χ0v) is 10.1. The number of allylic oxidation sites excluding steroid dienone is 3. The molecule has 1 aromatic carbocycles. The number of carbonyl (C=O) groups excluding carboxylic acids is 1. The number of hydrogen-bond acceptors (Lipinski definition) is 2. The molecule has 0 unspecified atom stereocenters. The van der Waals surface area contributed by atoms with E-state index < -0.39 is 0 Å². The normalized spacial score (nSPS) is 11.4. The highest BCUT2D eigenvalue weighted by atomic mass is 16.1. The highest BCUT2D eigenvalue weighted by Crippen LogP contribution is 2.21. The van der Waals surface area contributed by atoms with Crippen LogP contribution >= 0.6 is 0 Å². The molecule has 2 rings (SSSR count). The Morgan fingerprint density at radius 1 is 1.22 bits per heavy atom. The Labute approximate surface area is 106 Å². The van der Waals surface area contributed by atoms with Gasteiger partial charge in [-0.25, -0.2) is 0 Å². The molecular weight excluding hydrogens is 224 g/mol. The van der Waals surface area contributed by atoms with Crippen LogP contribution in [-0.4, -0.2) is 10.9 Å². The van der Waals surface area contributed by atoms with Gasteiger partial charge in [0.25, 0.3) is 0 Å². The number of rotatable bonds is 3. The van der Waals surface area contributed by atoms with E-state index >= 15 is 0 Å². The molecule has 0 aliphatic rings. The van der Waals surface area contributed by atoms with Gasteiger partial charge in [0.15, 0.2) is 0 Å². The lowest BCUT2D eigenvalue weighted by Gasteiger charge is -2.05. The molecule has 18 heavy (non-hydrogen) atoms. The zero-order chi connectivity index (χ0) is 12.8. The molecule has 1 N–H and O–H groups in total. The Hall–Kier alpha value is -2.42. The van der Waals surface area contributed by atoms with Gasteiger partial charge in [-0.2, -0.15) is 0 Å². The third-order valence-electron chi connectivity index (χ3n) is 2.45. The van der Waals surface area contributed by atoms with Crippen molar-refractivity contribution >= 4 is 22.5 Å². The van der Waals surface area contributed by atoms with Gasteiger partial charge in [-0.05, 0) is 31.2 Å². The molecule has 0 spiro atoms. The summed E-state index contributed by atoms with van der Waals surface area (Å²) in [5, 5.41) is 3.78. The van der Waals surface area contributed by atoms with Crippen LogP contribution in [-0.2, 0) is 4.79 Å². The number of hydrogen-bond donors (Lipinski definition) is 1. The topological polar surface area (TPSA) is 42.0 Å². The third-order valence-corrected chi connectivity index (χ3v) is 2.45. The SMILES string of the molecule is CC=CC=CC(=O)Nc1cccc2ncccc12. The lowest BCUT2D eigenvalue weighted by Crippen LogP contribution is -2.08. The van der Waals surface area contributed by atoms with Crippen molar-refractivity contribution in [3.63, 3.8) is 0 Å². The second-order valence-electron chi connectivity index (χ2n) is 3.75. The van der Waals surface area contributed by atoms with Gasteiger partial charge in [-0.3, -0.25) is 9.78 Å². The van der Waals surface area contributed by atoms with Gasteiger partial charge in [-0.1, -0.05) is 24.3 Å². The standard InChI is InChI=1S/C15H14N2O/c1-2-3-4-10-15(18)17-14-9-5-8-13-12(14)7-6-11-16-13/h2-11H,1H3,(H,17,18). The molecule has 0 atom stereocenters. The van der Waals surface area contributed by atoms with E-state index in [-0.39, 0.29) is 5.91 Å². The number of aromatic nitrogens is 1. The van der Waals surface area contributed by atoms with Crippen molar-refractivity contribution in [3.8, 4) is 0 Å². The molecule has 1 heterocycles. The highest BCUT2D eigenvalue weighted by Gasteiger charge is 2.02. The number of fused-ring (bicyclic) bond motifs is 1. The highest BCUT2D eigenvalue weighted by molar-refractivity contribution is 6.05. The molecule has 0 aliphatic heterocycles. The minimum absolute atomic E-state index is 0.149. The second-order valence-corrected chi connectivity index (χ2v) is 3.75. The summed E-state index contributed by atoms with van der Waals surface area (Å²) in [5.41, 5.74) is 1.64. The molecule has 0 bridgehead atoms. The summed E-state index contributed by atoms with van der Waals surface area (Å²) in [6, 6.07) is 9.45. The summed E-state index contributed by atoms with van der Waals surface area (Å²) in [5.74, 6) is -0.149. The molecule has 3 nitrogen and oxygen atoms in total. The largest absolute Gasteiger partial charge is 0.322 e. The predicted octanol–water partition coefficient (Wildman–Crippen LogP) is 3.31. The Morgan fingerprint density at radius 2 is 2.11 bits per heavy atom. The minimum atomic E-state index is -0.149. The van der Waals surface area contributed by atoms with Crippen LogP contribution in [0.25, 0.3) is 10.9 Å². The van der Waals surface area contributed by atoms with Crippen LogP contribution in [0, 0.1) is 0 Å². The van der Waals surface area contributed by atoms with Gasteiger partial charge in [0, 0.05) is 17.7 Å². The number of carbonyl (C=O) groups is 1. The molecular formula is C15H14N2O. The van der Waals surface area contributed by atoms with Crippen LogP contribution in [0.1, 0.15) is 6.92 Å². The summed E-state index contributed by atoms with van der Waals surface area (Å²) in [6.45, 7) is 1.90. The lowest BCUT2D eigenvalue weighted by atomic mass is 10.2. The fourth-order valence-electron chi connectivity index (χ4n) is 1.64. The van der Waals surface area contributed by atoms with E-state index in [1.165, 1.54) is 6.08 Å². The molecule has 1 aromatic heterocycles. The van der Waals surface area contributed by atoms with Crippen molar-refractivity contribution in [1.29, 1.82) is 0 Å². The number of benzene rings is 1. The second kappa shape index (κ2) is 5.77. The smallest absolute Gasteiger partial charge is 0.248 e. The monoisotopic (exact) mass is 238 g/mol. The van der Waals surface area contributed by atoms with Crippen LogP contribution in [0.4, 0.5) is 5.69 Å². The van der Waals surface area contributed by atoms with E-state index in [2.05, 4.69) is 10.3 Å². The molecule has 0 saturated heterocycles. The summed E-state index contributed by atoms with van der Waals surface area (Å²) in [4.78, 5) is 15.9. The quantitative estimate of drug-likeness (QED) is 0.658. The van der Waals surface area contributed by atoms with Crippen molar-refractivity contribution in [1.82, 2.24) is 4.98 Å². The first kappa shape index (κ1) is 12.0. The van der Waals surface area contributed by atoms with E-state index in [0.717, 1.165) is 16.6 Å². The number of nitrogens with zero attached hydrogens (tertiary/aromatic N) is 1. The molecule has 0 aliphatic carbocycles. The molecule has 2 aromatic rings. The molecule has 0 saturated carbocycles. The van der Waals surface area contributed by atoms with Gasteiger partial charge >= 0.3 is 0 Å². The molecule has 3 heteroatoms. The van der Waals surface area contributed by atoms with Gasteiger partial charge in [0.05, 0.1) is 11.2 Å². The summed E-state index contributed by atoms with van der Waals surface area (Å²) in [6.07, 6.45) is 8.61. The van der Waals surface area contributed by atoms with E-state index in [1.54, 1.807) is 12.3 Å². The first-order valence-corrected chi connectivity index (χ1v) is 5.75. The fourth-order valence-corrected chi connectivity index (χ4v) is 1.64. The van der Waals surface area contributed by atoms with Gasteiger partial charge in [0.2, 0.25) is 5.91 Å². The van der Waals surface area contributed by atoms with Crippen LogP contribution in [0.5, 0.6) is 0 Å². The Kier molecular flexibility index (Phi) is 3.86. The number of anilines is 1. The summed E-state index contributed by atoms with van der Waals surface area (Å²) >= 11 is 0. The van der Waals surface area contributed by atoms with E-state index in [1.807, 2.05) is 49.4 Å². The maximum atomic E-state index is 11.7. The molecule has 1 amide bonds. The van der Waals surface area contributed by atoms with Crippen LogP contribution in [0.2, 0.25) is 0 Å². The third kappa shape index (κ3) is 2.83. The van der Waals surface area contributed by atoms with Crippen LogP contribution in [0.3, 0.4) is 0 Å².